The third kappa shape index (κ3) is 6.05. The van der Waals surface area contributed by atoms with Crippen LogP contribution in [0.2, 0.25) is 10.0 Å². The van der Waals surface area contributed by atoms with Crippen LogP contribution >= 0.6 is 23.2 Å². The van der Waals surface area contributed by atoms with Gasteiger partial charge in [0.1, 0.15) is 0 Å². The summed E-state index contributed by atoms with van der Waals surface area (Å²) in [5, 5.41) is 3.62. The highest BCUT2D eigenvalue weighted by Crippen LogP contribution is 2.35. The second-order valence-corrected chi connectivity index (χ2v) is 8.92. The van der Waals surface area contributed by atoms with E-state index >= 15 is 0 Å². The smallest absolute Gasteiger partial charge is 0.321 e. The highest BCUT2D eigenvalue weighted by Gasteiger charge is 2.35. The van der Waals surface area contributed by atoms with Crippen molar-refractivity contribution < 1.29 is 19.1 Å². The summed E-state index contributed by atoms with van der Waals surface area (Å²) >= 11 is 12.0. The molecule has 3 rings (SSSR count). The number of rotatable bonds is 8. The molecule has 2 unspecified atom stereocenters. The normalized spacial score (nSPS) is 17.2. The van der Waals surface area contributed by atoms with Crippen molar-refractivity contribution in [2.24, 2.45) is 5.73 Å². The van der Waals surface area contributed by atoms with E-state index in [2.05, 4.69) is 17.1 Å². The zero-order valence-corrected chi connectivity index (χ0v) is 21.0. The number of ether oxygens (including phenoxy) is 2. The number of hydrogen-bond donors (Lipinski definition) is 2. The zero-order valence-electron chi connectivity index (χ0n) is 19.5. The van der Waals surface area contributed by atoms with Crippen LogP contribution in [0, 0.1) is 0 Å². The van der Waals surface area contributed by atoms with Gasteiger partial charge >= 0.3 is 6.03 Å². The number of piperazine rings is 1. The molecule has 34 heavy (non-hydrogen) atoms. The van der Waals surface area contributed by atoms with E-state index in [0.717, 1.165) is 12.0 Å². The lowest BCUT2D eigenvalue weighted by atomic mass is 9.97. The van der Waals surface area contributed by atoms with Gasteiger partial charge in [-0.1, -0.05) is 36.2 Å². The Balaban J connectivity index is 1.79. The van der Waals surface area contributed by atoms with Crippen molar-refractivity contribution in [2.75, 3.05) is 39.2 Å². The fraction of sp³-hybridized carbons (Fsp3) is 0.417. The lowest BCUT2D eigenvalue weighted by molar-refractivity contribution is -0.120. The van der Waals surface area contributed by atoms with Crippen LogP contribution in [0.4, 0.5) is 10.5 Å². The molecule has 0 spiro atoms. The number of carbonyl (C=O) groups is 2. The first-order valence-corrected chi connectivity index (χ1v) is 11.8. The highest BCUT2D eigenvalue weighted by atomic mass is 35.5. The maximum absolute atomic E-state index is 12.9. The molecule has 1 aliphatic rings. The molecule has 1 fully saturated rings. The Bertz CT molecular complexity index is 1040. The van der Waals surface area contributed by atoms with Gasteiger partial charge in [-0.2, -0.15) is 0 Å². The van der Waals surface area contributed by atoms with Crippen molar-refractivity contribution in [2.45, 2.75) is 31.8 Å². The first kappa shape index (κ1) is 25.9. The number of methoxy groups -OCH3 is 2. The summed E-state index contributed by atoms with van der Waals surface area (Å²) in [6.07, 6.45) is 0.945. The highest BCUT2D eigenvalue weighted by molar-refractivity contribution is 6.42. The molecule has 3 N–H and O–H groups in total. The Hall–Kier alpha value is -2.68. The average molecular weight is 509 g/mol. The number of nitrogens with one attached hydrogen (secondary N) is 1. The van der Waals surface area contributed by atoms with Gasteiger partial charge in [0.05, 0.1) is 24.3 Å². The van der Waals surface area contributed by atoms with Crippen molar-refractivity contribution in [3.63, 3.8) is 0 Å². The van der Waals surface area contributed by atoms with E-state index in [0.29, 0.717) is 46.9 Å². The van der Waals surface area contributed by atoms with Crippen molar-refractivity contribution >= 4 is 40.8 Å². The fourth-order valence-corrected chi connectivity index (χ4v) is 4.67. The van der Waals surface area contributed by atoms with Crippen molar-refractivity contribution in [3.8, 4) is 11.5 Å². The number of nitrogens with two attached hydrogens (primary N) is 1. The standard InChI is InChI=1S/C24H30Cl2N4O4/c1-4-20(15-5-8-21(33-2)22(11-15)34-3)30-10-9-29(14-17(30)13-23(27)31)24(32)28-16-6-7-18(25)19(26)12-16/h5-8,11-12,17,20H,4,9-10,13-14H2,1-3H3,(H2,27,31)(H,28,32). The molecule has 1 heterocycles. The summed E-state index contributed by atoms with van der Waals surface area (Å²) in [6, 6.07) is 10.3. The van der Waals surface area contributed by atoms with Gasteiger partial charge in [-0.3, -0.25) is 9.69 Å². The van der Waals surface area contributed by atoms with Gasteiger partial charge in [0, 0.05) is 43.8 Å². The maximum Gasteiger partial charge on any atom is 0.321 e. The molecule has 2 aromatic carbocycles. The average Bonchev–Trinajstić information content (AvgIpc) is 2.82. The van der Waals surface area contributed by atoms with Crippen molar-refractivity contribution in [1.82, 2.24) is 9.80 Å². The van der Waals surface area contributed by atoms with Crippen LogP contribution < -0.4 is 20.5 Å². The van der Waals surface area contributed by atoms with Gasteiger partial charge in [-0.15, -0.1) is 0 Å². The van der Waals surface area contributed by atoms with Gasteiger partial charge in [0.25, 0.3) is 0 Å². The zero-order chi connectivity index (χ0) is 24.8. The molecule has 184 valence electrons. The van der Waals surface area contributed by atoms with E-state index in [1.165, 1.54) is 0 Å². The SMILES string of the molecule is CCC(c1ccc(OC)c(OC)c1)N1CCN(C(=O)Nc2ccc(Cl)c(Cl)c2)CC1CC(N)=O. The Labute approximate surface area is 209 Å². The number of hydrogen-bond acceptors (Lipinski definition) is 5. The number of urea groups is 1. The number of amides is 3. The molecule has 1 saturated heterocycles. The minimum Gasteiger partial charge on any atom is -0.493 e. The van der Waals surface area contributed by atoms with Crippen LogP contribution in [-0.4, -0.2) is 61.6 Å². The number of carbonyl (C=O) groups excluding carboxylic acids is 2. The monoisotopic (exact) mass is 508 g/mol. The third-order valence-electron chi connectivity index (χ3n) is 6.00. The van der Waals surface area contributed by atoms with Crippen LogP contribution in [0.5, 0.6) is 11.5 Å². The van der Waals surface area contributed by atoms with E-state index in [1.807, 2.05) is 18.2 Å². The Morgan fingerprint density at radius 1 is 1.09 bits per heavy atom. The first-order chi connectivity index (χ1) is 16.3. The largest absolute Gasteiger partial charge is 0.493 e. The number of halogens is 2. The molecule has 0 aliphatic carbocycles. The van der Waals surface area contributed by atoms with Gasteiger partial charge < -0.3 is 25.4 Å². The molecule has 0 bridgehead atoms. The molecule has 1 aliphatic heterocycles. The molecule has 0 saturated carbocycles. The molecule has 3 amide bonds. The minimum atomic E-state index is -0.413. The van der Waals surface area contributed by atoms with Crippen molar-refractivity contribution in [3.05, 3.63) is 52.0 Å². The van der Waals surface area contributed by atoms with Crippen LogP contribution in [0.3, 0.4) is 0 Å². The molecule has 0 radical (unpaired) electrons. The molecular weight excluding hydrogens is 479 g/mol. The molecule has 0 aromatic heterocycles. The van der Waals surface area contributed by atoms with Crippen LogP contribution in [0.15, 0.2) is 36.4 Å². The maximum atomic E-state index is 12.9. The summed E-state index contributed by atoms with van der Waals surface area (Å²) in [4.78, 5) is 28.8. The van der Waals surface area contributed by atoms with E-state index in [9.17, 15) is 9.59 Å². The summed E-state index contributed by atoms with van der Waals surface area (Å²) in [5.41, 5.74) is 7.17. The van der Waals surface area contributed by atoms with Gasteiger partial charge in [0.2, 0.25) is 5.91 Å². The van der Waals surface area contributed by atoms with E-state index in [4.69, 9.17) is 38.4 Å². The number of benzene rings is 2. The molecule has 10 heteroatoms. The lowest BCUT2D eigenvalue weighted by Gasteiger charge is -2.45. The second-order valence-electron chi connectivity index (χ2n) is 8.11. The Kier molecular flexibility index (Phi) is 8.88. The van der Waals surface area contributed by atoms with Crippen LogP contribution in [0.25, 0.3) is 0 Å². The van der Waals surface area contributed by atoms with Crippen molar-refractivity contribution in [1.29, 1.82) is 0 Å². The summed E-state index contributed by atoms with van der Waals surface area (Å²) < 4.78 is 10.8. The summed E-state index contributed by atoms with van der Waals surface area (Å²) in [5.74, 6) is 0.882. The molecular formula is C24H30Cl2N4O4. The van der Waals surface area contributed by atoms with E-state index < -0.39 is 5.91 Å². The quantitative estimate of drug-likeness (QED) is 0.544. The topological polar surface area (TPSA) is 97.1 Å². The molecule has 8 nitrogen and oxygen atoms in total. The van der Waals surface area contributed by atoms with Gasteiger partial charge in [0.15, 0.2) is 11.5 Å². The molecule has 2 atom stereocenters. The number of anilines is 1. The van der Waals surface area contributed by atoms with E-state index in [-0.39, 0.29) is 24.5 Å². The fourth-order valence-electron chi connectivity index (χ4n) is 4.38. The Morgan fingerprint density at radius 3 is 2.44 bits per heavy atom. The predicted molar refractivity (Wildman–Crippen MR) is 134 cm³/mol. The lowest BCUT2D eigenvalue weighted by Crippen LogP contribution is -2.57. The van der Waals surface area contributed by atoms with Crippen LogP contribution in [-0.2, 0) is 4.79 Å². The summed E-state index contributed by atoms with van der Waals surface area (Å²) in [7, 11) is 3.20. The second kappa shape index (κ2) is 11.6. The van der Waals surface area contributed by atoms with Gasteiger partial charge in [-0.05, 0) is 42.3 Å². The van der Waals surface area contributed by atoms with Gasteiger partial charge in [-0.25, -0.2) is 4.79 Å². The third-order valence-corrected chi connectivity index (χ3v) is 6.74. The van der Waals surface area contributed by atoms with E-state index in [1.54, 1.807) is 37.3 Å². The van der Waals surface area contributed by atoms with Crippen LogP contribution in [0.1, 0.15) is 31.4 Å². The molecule has 2 aromatic rings. The number of nitrogens with zero attached hydrogens (tertiary/aromatic N) is 2. The summed E-state index contributed by atoms with van der Waals surface area (Å²) in [6.45, 7) is 3.53. The predicted octanol–water partition coefficient (Wildman–Crippen LogP) is 4.56. The first-order valence-electron chi connectivity index (χ1n) is 11.0. The minimum absolute atomic E-state index is 0.0180. The Morgan fingerprint density at radius 2 is 1.82 bits per heavy atom. The number of primary amides is 1.